The number of hydrogen-bond donors (Lipinski definition) is 1. The molecule has 0 heterocycles. The highest BCUT2D eigenvalue weighted by atomic mass is 16.1. The first-order valence-corrected chi connectivity index (χ1v) is 1.97. The minimum atomic E-state index is 0.164. The Hall–Kier alpha value is -0.305. The van der Waals surface area contributed by atoms with Gasteiger partial charge in [0.25, 0.3) is 0 Å². The lowest BCUT2D eigenvalue weighted by molar-refractivity contribution is -0.111. The van der Waals surface area contributed by atoms with Crippen LogP contribution in [-0.4, -0.2) is 20.1 Å². The summed E-state index contributed by atoms with van der Waals surface area (Å²) < 4.78 is 0. The van der Waals surface area contributed by atoms with Crippen LogP contribution in [0.2, 0.25) is 0 Å². The van der Waals surface area contributed by atoms with Crippen LogP contribution >= 0.6 is 0 Å². The quantitative estimate of drug-likeness (QED) is 0.414. The molecule has 2 N–H and O–H groups in total. The van der Waals surface area contributed by atoms with Gasteiger partial charge in [-0.3, -0.25) is 0 Å². The second-order valence-corrected chi connectivity index (χ2v) is 1.24. The fourth-order valence-corrected chi connectivity index (χ4v) is 0.203. The summed E-state index contributed by atoms with van der Waals surface area (Å²) in [5.74, 6) is 0. The van der Waals surface area contributed by atoms with Crippen LogP contribution < -0.4 is 5.73 Å². The molecule has 0 aromatic carbocycles. The lowest BCUT2D eigenvalue weighted by Crippen LogP contribution is -2.06. The molecular formula is C3H8BNO. The predicted molar refractivity (Wildman–Crippen MR) is 27.2 cm³/mol. The van der Waals surface area contributed by atoms with E-state index in [9.17, 15) is 4.79 Å². The van der Waals surface area contributed by atoms with Gasteiger partial charge in [0.05, 0.1) is 5.68 Å². The molecule has 0 saturated carbocycles. The van der Waals surface area contributed by atoms with E-state index in [1.807, 2.05) is 0 Å². The van der Waals surface area contributed by atoms with Crippen molar-refractivity contribution >= 4 is 13.5 Å². The Morgan fingerprint density at radius 3 is 2.33 bits per heavy atom. The highest BCUT2D eigenvalue weighted by Gasteiger charge is 1.84. The van der Waals surface area contributed by atoms with Crippen LogP contribution in [0.3, 0.4) is 0 Å². The van der Waals surface area contributed by atoms with E-state index < -0.39 is 0 Å². The molecule has 0 fully saturated rings. The molecule has 0 bridgehead atoms. The standard InChI is InChI=1S/C3H8BNO/c4-3(6)1-2-5/h1-2,4-5H2. The second-order valence-electron chi connectivity index (χ2n) is 1.24. The zero-order chi connectivity index (χ0) is 4.99. The van der Waals surface area contributed by atoms with Gasteiger partial charge in [-0.05, 0) is 6.54 Å². The summed E-state index contributed by atoms with van der Waals surface area (Å²) in [5, 5.41) is 0. The van der Waals surface area contributed by atoms with Crippen LogP contribution in [0, 0.1) is 0 Å². The molecule has 2 nitrogen and oxygen atoms in total. The fourth-order valence-electron chi connectivity index (χ4n) is 0.203. The third-order valence-corrected chi connectivity index (χ3v) is 0.496. The molecule has 3 heteroatoms. The molecule has 0 amide bonds. The number of carbonyl (C=O) groups excluding carboxylic acids is 1. The highest BCUT2D eigenvalue weighted by Crippen LogP contribution is 1.67. The molecule has 0 aromatic heterocycles. The Morgan fingerprint density at radius 1 is 1.83 bits per heavy atom. The van der Waals surface area contributed by atoms with Crippen LogP contribution in [0.4, 0.5) is 0 Å². The Kier molecular flexibility index (Phi) is 2.76. The minimum Gasteiger partial charge on any atom is -0.330 e. The van der Waals surface area contributed by atoms with Crippen molar-refractivity contribution in [3.63, 3.8) is 0 Å². The van der Waals surface area contributed by atoms with Crippen molar-refractivity contribution < 1.29 is 4.79 Å². The first kappa shape index (κ1) is 5.69. The largest absolute Gasteiger partial charge is 0.330 e. The SMILES string of the molecule is BC(=O)CCN. The van der Waals surface area contributed by atoms with Gasteiger partial charge in [-0.1, -0.05) is 0 Å². The van der Waals surface area contributed by atoms with Gasteiger partial charge in [0.2, 0.25) is 0 Å². The molecule has 0 aliphatic rings. The molecular weight excluding hydrogens is 76.9 g/mol. The molecule has 0 spiro atoms. The smallest absolute Gasteiger partial charge is 0.187 e. The van der Waals surface area contributed by atoms with Crippen molar-refractivity contribution in [2.24, 2.45) is 5.73 Å². The fraction of sp³-hybridized carbons (Fsp3) is 0.667. The van der Waals surface area contributed by atoms with Crippen LogP contribution in [0.25, 0.3) is 0 Å². The summed E-state index contributed by atoms with van der Waals surface area (Å²) >= 11 is 0. The average Bonchev–Trinajstić information content (AvgIpc) is 1.35. The third kappa shape index (κ3) is 3.69. The van der Waals surface area contributed by atoms with E-state index in [1.165, 1.54) is 7.85 Å². The molecule has 0 aromatic rings. The Bertz CT molecular complexity index is 54.8. The molecule has 0 saturated heterocycles. The summed E-state index contributed by atoms with van der Waals surface area (Å²) in [4.78, 5) is 9.96. The maximum Gasteiger partial charge on any atom is 0.187 e. The molecule has 6 heavy (non-hydrogen) atoms. The Balaban J connectivity index is 2.83. The molecule has 0 radical (unpaired) electrons. The lowest BCUT2D eigenvalue weighted by Gasteiger charge is -1.81. The number of rotatable bonds is 2. The highest BCUT2D eigenvalue weighted by molar-refractivity contribution is 6.57. The summed E-state index contributed by atoms with van der Waals surface area (Å²) in [6, 6.07) is 0. The topological polar surface area (TPSA) is 43.1 Å². The van der Waals surface area contributed by atoms with E-state index in [4.69, 9.17) is 5.73 Å². The van der Waals surface area contributed by atoms with Gasteiger partial charge in [0.1, 0.15) is 0 Å². The van der Waals surface area contributed by atoms with Crippen molar-refractivity contribution in [2.75, 3.05) is 6.54 Å². The number of nitrogens with two attached hydrogens (primary N) is 1. The van der Waals surface area contributed by atoms with Gasteiger partial charge in [-0.2, -0.15) is 0 Å². The average molecular weight is 84.9 g/mol. The Morgan fingerprint density at radius 2 is 2.33 bits per heavy atom. The number of carbonyl (C=O) groups is 1. The molecule has 0 rings (SSSR count). The van der Waals surface area contributed by atoms with Crippen molar-refractivity contribution in [3.05, 3.63) is 0 Å². The predicted octanol–water partition coefficient (Wildman–Crippen LogP) is -1.51. The Labute approximate surface area is 38.1 Å². The van der Waals surface area contributed by atoms with Gasteiger partial charge in [0, 0.05) is 6.42 Å². The first-order chi connectivity index (χ1) is 2.77. The van der Waals surface area contributed by atoms with Crippen LogP contribution in [0.5, 0.6) is 0 Å². The zero-order valence-corrected chi connectivity index (χ0v) is 3.90. The van der Waals surface area contributed by atoms with Gasteiger partial charge in [-0.25, -0.2) is 0 Å². The van der Waals surface area contributed by atoms with E-state index in [0.717, 1.165) is 0 Å². The van der Waals surface area contributed by atoms with Gasteiger partial charge in [0.15, 0.2) is 7.85 Å². The summed E-state index contributed by atoms with van der Waals surface area (Å²) in [5.41, 5.74) is 5.17. The van der Waals surface area contributed by atoms with E-state index in [2.05, 4.69) is 0 Å². The monoisotopic (exact) mass is 85.1 g/mol. The molecule has 0 atom stereocenters. The van der Waals surface area contributed by atoms with Crippen molar-refractivity contribution in [2.45, 2.75) is 6.42 Å². The van der Waals surface area contributed by atoms with Gasteiger partial charge in [-0.15, -0.1) is 0 Å². The summed E-state index contributed by atoms with van der Waals surface area (Å²) in [6.45, 7) is 0.481. The van der Waals surface area contributed by atoms with Crippen molar-refractivity contribution in [1.29, 1.82) is 0 Å². The van der Waals surface area contributed by atoms with E-state index in [1.54, 1.807) is 0 Å². The summed E-state index contributed by atoms with van der Waals surface area (Å²) in [7, 11) is 1.53. The second kappa shape index (κ2) is 2.91. The van der Waals surface area contributed by atoms with Gasteiger partial charge < -0.3 is 10.5 Å². The van der Waals surface area contributed by atoms with Gasteiger partial charge >= 0.3 is 0 Å². The van der Waals surface area contributed by atoms with E-state index in [-0.39, 0.29) is 5.68 Å². The van der Waals surface area contributed by atoms with Crippen LogP contribution in [-0.2, 0) is 4.79 Å². The first-order valence-electron chi connectivity index (χ1n) is 1.97. The van der Waals surface area contributed by atoms with E-state index in [0.29, 0.717) is 13.0 Å². The minimum absolute atomic E-state index is 0.164. The number of hydrogen-bond acceptors (Lipinski definition) is 2. The maximum atomic E-state index is 9.96. The molecule has 0 unspecified atom stereocenters. The third-order valence-electron chi connectivity index (χ3n) is 0.496. The van der Waals surface area contributed by atoms with Crippen molar-refractivity contribution in [3.8, 4) is 0 Å². The van der Waals surface area contributed by atoms with Crippen LogP contribution in [0.1, 0.15) is 6.42 Å². The lowest BCUT2D eigenvalue weighted by atomic mass is 10.0. The molecule has 34 valence electrons. The molecule has 0 aliphatic carbocycles. The van der Waals surface area contributed by atoms with Crippen molar-refractivity contribution in [1.82, 2.24) is 0 Å². The molecule has 0 aliphatic heterocycles. The maximum absolute atomic E-state index is 9.96. The summed E-state index contributed by atoms with van der Waals surface area (Å²) in [6.07, 6.45) is 0.514. The zero-order valence-electron chi connectivity index (χ0n) is 3.90. The van der Waals surface area contributed by atoms with Crippen LogP contribution in [0.15, 0.2) is 0 Å². The normalized spacial score (nSPS) is 8.17. The van der Waals surface area contributed by atoms with E-state index >= 15 is 0 Å².